The highest BCUT2D eigenvalue weighted by atomic mass is 16.3. The smallest absolute Gasteiger partial charge is 0.221 e. The molecular formula is C16H22N2O2. The van der Waals surface area contributed by atoms with Crippen LogP contribution in [0.4, 0.5) is 0 Å². The van der Waals surface area contributed by atoms with Gasteiger partial charge in [-0.3, -0.25) is 4.79 Å². The van der Waals surface area contributed by atoms with Gasteiger partial charge in [0.2, 0.25) is 5.91 Å². The molecule has 0 aliphatic heterocycles. The number of hydrogen-bond acceptors (Lipinski definition) is 3. The van der Waals surface area contributed by atoms with Crippen molar-refractivity contribution in [2.45, 2.75) is 57.9 Å². The lowest BCUT2D eigenvalue weighted by molar-refractivity contribution is -0.121. The van der Waals surface area contributed by atoms with E-state index in [9.17, 15) is 4.79 Å². The van der Waals surface area contributed by atoms with Gasteiger partial charge < -0.3 is 9.73 Å². The zero-order valence-corrected chi connectivity index (χ0v) is 12.2. The molecule has 1 aromatic heterocycles. The third-order valence-electron chi connectivity index (χ3n) is 3.82. The van der Waals surface area contributed by atoms with Crippen LogP contribution in [-0.4, -0.2) is 11.9 Å². The summed E-state index contributed by atoms with van der Waals surface area (Å²) in [5, 5.41) is 11.6. The summed E-state index contributed by atoms with van der Waals surface area (Å²) in [6, 6.07) is 5.72. The van der Waals surface area contributed by atoms with Crippen LogP contribution in [0.25, 0.3) is 0 Å². The second kappa shape index (κ2) is 6.60. The molecule has 20 heavy (non-hydrogen) atoms. The molecule has 0 bridgehead atoms. The van der Waals surface area contributed by atoms with E-state index in [0.717, 1.165) is 23.9 Å². The molecule has 1 amide bonds. The molecule has 108 valence electrons. The number of carbonyl (C=O) groups excluding carboxylic acids is 1. The van der Waals surface area contributed by atoms with Crippen molar-refractivity contribution in [3.8, 4) is 6.07 Å². The first-order valence-corrected chi connectivity index (χ1v) is 7.41. The van der Waals surface area contributed by atoms with Gasteiger partial charge in [0.15, 0.2) is 0 Å². The molecule has 4 nitrogen and oxygen atoms in total. The average Bonchev–Trinajstić information content (AvgIpc) is 2.99. The highest BCUT2D eigenvalue weighted by Crippen LogP contribution is 2.47. The second-order valence-corrected chi connectivity index (χ2v) is 5.66. The Balaban J connectivity index is 1.75. The minimum absolute atomic E-state index is 0.0808. The number of nitrogens with zero attached hydrogens (tertiary/aromatic N) is 1. The molecule has 1 aliphatic carbocycles. The summed E-state index contributed by atoms with van der Waals surface area (Å²) in [6.07, 6.45) is 3.76. The fourth-order valence-corrected chi connectivity index (χ4v) is 2.41. The normalized spacial score (nSPS) is 22.1. The SMILES string of the molecule is CCC[C@H](C#N)NC(=O)CCc1ccc([C@H]2C[C@H]2C)o1. The number of nitrogens with one attached hydrogen (secondary N) is 1. The van der Waals surface area contributed by atoms with E-state index in [0.29, 0.717) is 25.2 Å². The van der Waals surface area contributed by atoms with Gasteiger partial charge in [0.1, 0.15) is 17.6 Å². The van der Waals surface area contributed by atoms with Crippen molar-refractivity contribution >= 4 is 5.91 Å². The zero-order chi connectivity index (χ0) is 14.5. The summed E-state index contributed by atoms with van der Waals surface area (Å²) in [6.45, 7) is 4.22. The van der Waals surface area contributed by atoms with Gasteiger partial charge >= 0.3 is 0 Å². The fraction of sp³-hybridized carbons (Fsp3) is 0.625. The first kappa shape index (κ1) is 14.6. The minimum atomic E-state index is -0.369. The van der Waals surface area contributed by atoms with E-state index in [2.05, 4.69) is 18.3 Å². The third kappa shape index (κ3) is 3.86. The molecule has 0 saturated heterocycles. The molecule has 3 atom stereocenters. The van der Waals surface area contributed by atoms with E-state index in [4.69, 9.17) is 9.68 Å². The molecule has 0 aromatic carbocycles. The lowest BCUT2D eigenvalue weighted by Gasteiger charge is -2.09. The van der Waals surface area contributed by atoms with Crippen molar-refractivity contribution in [2.75, 3.05) is 0 Å². The van der Waals surface area contributed by atoms with Crippen molar-refractivity contribution in [3.05, 3.63) is 23.7 Å². The van der Waals surface area contributed by atoms with E-state index >= 15 is 0 Å². The quantitative estimate of drug-likeness (QED) is 0.830. The van der Waals surface area contributed by atoms with Crippen LogP contribution < -0.4 is 5.32 Å². The molecular weight excluding hydrogens is 252 g/mol. The van der Waals surface area contributed by atoms with E-state index in [1.54, 1.807) is 0 Å². The number of furan rings is 1. The minimum Gasteiger partial charge on any atom is -0.466 e. The maximum Gasteiger partial charge on any atom is 0.221 e. The molecule has 0 spiro atoms. The van der Waals surface area contributed by atoms with Gasteiger partial charge in [0, 0.05) is 18.8 Å². The van der Waals surface area contributed by atoms with Gasteiger partial charge in [0.25, 0.3) is 0 Å². The number of hydrogen-bond donors (Lipinski definition) is 1. The molecule has 2 rings (SSSR count). The summed E-state index contributed by atoms with van der Waals surface area (Å²) >= 11 is 0. The average molecular weight is 274 g/mol. The molecule has 0 unspecified atom stereocenters. The highest BCUT2D eigenvalue weighted by molar-refractivity contribution is 5.76. The summed E-state index contributed by atoms with van der Waals surface area (Å²) in [7, 11) is 0. The standard InChI is InChI=1S/C16H22N2O2/c1-3-4-12(10-17)18-16(19)8-6-13-5-7-15(20-13)14-9-11(14)2/h5,7,11-12,14H,3-4,6,8-9H2,1-2H3,(H,18,19)/t11-,12-,14+/m1/s1. The lowest BCUT2D eigenvalue weighted by Crippen LogP contribution is -2.33. The Hall–Kier alpha value is -1.76. The van der Waals surface area contributed by atoms with Crippen molar-refractivity contribution in [1.82, 2.24) is 5.32 Å². The van der Waals surface area contributed by atoms with Crippen LogP contribution in [0.15, 0.2) is 16.5 Å². The summed E-state index contributed by atoms with van der Waals surface area (Å²) in [5.74, 6) is 3.13. The van der Waals surface area contributed by atoms with Crippen LogP contribution >= 0.6 is 0 Å². The first-order chi connectivity index (χ1) is 9.63. The van der Waals surface area contributed by atoms with E-state index < -0.39 is 0 Å². The number of nitriles is 1. The van der Waals surface area contributed by atoms with Gasteiger partial charge in [-0.1, -0.05) is 20.3 Å². The molecule has 1 heterocycles. The molecule has 1 aliphatic rings. The zero-order valence-electron chi connectivity index (χ0n) is 12.2. The van der Waals surface area contributed by atoms with Crippen LogP contribution in [-0.2, 0) is 11.2 Å². The van der Waals surface area contributed by atoms with Gasteiger partial charge in [-0.05, 0) is 30.9 Å². The maximum atomic E-state index is 11.8. The number of aryl methyl sites for hydroxylation is 1. The predicted molar refractivity (Wildman–Crippen MR) is 76.0 cm³/mol. The number of carbonyl (C=O) groups is 1. The van der Waals surface area contributed by atoms with Crippen LogP contribution in [0.2, 0.25) is 0 Å². The Labute approximate surface area is 120 Å². The first-order valence-electron chi connectivity index (χ1n) is 7.41. The molecule has 1 N–H and O–H groups in total. The molecule has 0 radical (unpaired) electrons. The number of rotatable bonds is 7. The van der Waals surface area contributed by atoms with E-state index in [1.165, 1.54) is 6.42 Å². The van der Waals surface area contributed by atoms with E-state index in [1.807, 2.05) is 19.1 Å². The Morgan fingerprint density at radius 2 is 2.35 bits per heavy atom. The summed E-state index contributed by atoms with van der Waals surface area (Å²) in [4.78, 5) is 11.8. The van der Waals surface area contributed by atoms with Gasteiger partial charge in [0.05, 0.1) is 6.07 Å². The topological polar surface area (TPSA) is 66.0 Å². The van der Waals surface area contributed by atoms with Gasteiger partial charge in [-0.2, -0.15) is 5.26 Å². The second-order valence-electron chi connectivity index (χ2n) is 5.66. The van der Waals surface area contributed by atoms with Crippen LogP contribution in [0.1, 0.15) is 57.0 Å². The summed E-state index contributed by atoms with van der Waals surface area (Å²) in [5.41, 5.74) is 0. The maximum absolute atomic E-state index is 11.8. The predicted octanol–water partition coefficient (Wildman–Crippen LogP) is 3.14. The Kier molecular flexibility index (Phi) is 4.84. The highest BCUT2D eigenvalue weighted by Gasteiger charge is 2.36. The van der Waals surface area contributed by atoms with Crippen LogP contribution in [0, 0.1) is 17.2 Å². The Bertz CT molecular complexity index is 501. The monoisotopic (exact) mass is 274 g/mol. The van der Waals surface area contributed by atoms with Gasteiger partial charge in [-0.25, -0.2) is 0 Å². The Morgan fingerprint density at radius 3 is 2.95 bits per heavy atom. The molecule has 1 aromatic rings. The molecule has 4 heteroatoms. The Morgan fingerprint density at radius 1 is 1.60 bits per heavy atom. The van der Waals surface area contributed by atoms with Crippen molar-refractivity contribution in [1.29, 1.82) is 5.26 Å². The third-order valence-corrected chi connectivity index (χ3v) is 3.82. The summed E-state index contributed by atoms with van der Waals surface area (Å²) < 4.78 is 5.76. The van der Waals surface area contributed by atoms with Crippen molar-refractivity contribution < 1.29 is 9.21 Å². The fourth-order valence-electron chi connectivity index (χ4n) is 2.41. The van der Waals surface area contributed by atoms with Crippen LogP contribution in [0.5, 0.6) is 0 Å². The van der Waals surface area contributed by atoms with Gasteiger partial charge in [-0.15, -0.1) is 0 Å². The lowest BCUT2D eigenvalue weighted by atomic mass is 10.1. The van der Waals surface area contributed by atoms with Crippen molar-refractivity contribution in [3.63, 3.8) is 0 Å². The largest absolute Gasteiger partial charge is 0.466 e. The van der Waals surface area contributed by atoms with Crippen LogP contribution in [0.3, 0.4) is 0 Å². The number of amides is 1. The van der Waals surface area contributed by atoms with E-state index in [-0.39, 0.29) is 11.9 Å². The van der Waals surface area contributed by atoms with Crippen molar-refractivity contribution in [2.24, 2.45) is 5.92 Å². The molecule has 1 fully saturated rings. The molecule has 1 saturated carbocycles.